The molecule has 0 spiro atoms. The Kier molecular flexibility index (Phi) is 6.03. The van der Waals surface area contributed by atoms with Gasteiger partial charge in [-0.25, -0.2) is 0 Å². The molecule has 2 aromatic carbocycles. The van der Waals surface area contributed by atoms with E-state index in [2.05, 4.69) is 36.6 Å². The average Bonchev–Trinajstić information content (AvgIpc) is 2.56. The molecule has 0 aromatic heterocycles. The molecule has 23 heavy (non-hydrogen) atoms. The number of methoxy groups -OCH3 is 1. The third kappa shape index (κ3) is 5.33. The van der Waals surface area contributed by atoms with E-state index >= 15 is 0 Å². The van der Waals surface area contributed by atoms with Crippen LogP contribution in [-0.4, -0.2) is 19.6 Å². The van der Waals surface area contributed by atoms with Crippen molar-refractivity contribution in [2.45, 2.75) is 26.8 Å². The molecule has 0 aliphatic heterocycles. The van der Waals surface area contributed by atoms with Gasteiger partial charge in [0.2, 0.25) is 5.91 Å². The number of hydrogen-bond donors (Lipinski definition) is 2. The lowest BCUT2D eigenvalue weighted by atomic mass is 10.1. The lowest BCUT2D eigenvalue weighted by Crippen LogP contribution is -2.24. The molecule has 0 saturated heterocycles. The summed E-state index contributed by atoms with van der Waals surface area (Å²) in [5, 5.41) is 6.20. The number of anilines is 1. The van der Waals surface area contributed by atoms with E-state index in [0.717, 1.165) is 17.0 Å². The first-order valence-electron chi connectivity index (χ1n) is 7.79. The summed E-state index contributed by atoms with van der Waals surface area (Å²) in [5.74, 6) is 0.856. The van der Waals surface area contributed by atoms with Crippen LogP contribution in [0.15, 0.2) is 42.5 Å². The molecule has 2 rings (SSSR count). The third-order valence-corrected chi connectivity index (χ3v) is 3.84. The van der Waals surface area contributed by atoms with Gasteiger partial charge in [0.05, 0.1) is 7.11 Å². The molecule has 122 valence electrons. The zero-order chi connectivity index (χ0) is 16.7. The van der Waals surface area contributed by atoms with E-state index < -0.39 is 0 Å². The second-order valence-corrected chi connectivity index (χ2v) is 5.60. The molecule has 4 nitrogen and oxygen atoms in total. The number of hydrogen-bond acceptors (Lipinski definition) is 3. The maximum atomic E-state index is 11.9. The van der Waals surface area contributed by atoms with Crippen molar-refractivity contribution in [3.05, 3.63) is 59.2 Å². The molecule has 0 saturated carbocycles. The van der Waals surface area contributed by atoms with Crippen LogP contribution in [0.2, 0.25) is 0 Å². The van der Waals surface area contributed by atoms with Gasteiger partial charge in [-0.05, 0) is 54.8 Å². The quantitative estimate of drug-likeness (QED) is 0.823. The van der Waals surface area contributed by atoms with Crippen LogP contribution in [0.5, 0.6) is 5.75 Å². The molecular formula is C19H24N2O2. The van der Waals surface area contributed by atoms with Crippen molar-refractivity contribution in [2.24, 2.45) is 0 Å². The summed E-state index contributed by atoms with van der Waals surface area (Å²) in [7, 11) is 1.64. The number of carbonyl (C=O) groups excluding carboxylic acids is 1. The highest BCUT2D eigenvalue weighted by molar-refractivity contribution is 5.76. The molecule has 2 N–H and O–H groups in total. The van der Waals surface area contributed by atoms with Crippen LogP contribution in [0.3, 0.4) is 0 Å². The van der Waals surface area contributed by atoms with Crippen LogP contribution in [0, 0.1) is 13.8 Å². The summed E-state index contributed by atoms with van der Waals surface area (Å²) < 4.78 is 5.11. The molecule has 0 bridgehead atoms. The summed E-state index contributed by atoms with van der Waals surface area (Å²) >= 11 is 0. The average molecular weight is 312 g/mol. The molecule has 1 amide bonds. The van der Waals surface area contributed by atoms with Crippen molar-refractivity contribution in [1.29, 1.82) is 0 Å². The van der Waals surface area contributed by atoms with E-state index in [1.54, 1.807) is 7.11 Å². The number of nitrogens with one attached hydrogen (secondary N) is 2. The van der Waals surface area contributed by atoms with E-state index in [0.29, 0.717) is 19.5 Å². The van der Waals surface area contributed by atoms with Gasteiger partial charge in [0.1, 0.15) is 5.75 Å². The topological polar surface area (TPSA) is 50.4 Å². The molecular weight excluding hydrogens is 288 g/mol. The molecule has 4 heteroatoms. The molecule has 0 aliphatic carbocycles. The zero-order valence-electron chi connectivity index (χ0n) is 14.0. The lowest BCUT2D eigenvalue weighted by Gasteiger charge is -2.09. The standard InChI is InChI=1S/C19H24N2O2/c1-14-4-7-17(12-15(14)2)20-11-10-19(22)21-13-16-5-8-18(23-3)9-6-16/h4-9,12,20H,10-11,13H2,1-3H3,(H,21,22). The SMILES string of the molecule is COc1ccc(CNC(=O)CCNc2ccc(C)c(C)c2)cc1. The van der Waals surface area contributed by atoms with Crippen LogP contribution < -0.4 is 15.4 Å². The summed E-state index contributed by atoms with van der Waals surface area (Å²) in [5.41, 5.74) is 4.63. The Morgan fingerprint density at radius 3 is 2.43 bits per heavy atom. The van der Waals surface area contributed by atoms with Crippen molar-refractivity contribution in [1.82, 2.24) is 5.32 Å². The van der Waals surface area contributed by atoms with Crippen LogP contribution in [0.1, 0.15) is 23.1 Å². The van der Waals surface area contributed by atoms with Gasteiger partial charge in [0.15, 0.2) is 0 Å². The molecule has 0 radical (unpaired) electrons. The lowest BCUT2D eigenvalue weighted by molar-refractivity contribution is -0.121. The number of amides is 1. The first kappa shape index (κ1) is 16.9. The molecule has 2 aromatic rings. The predicted octanol–water partition coefficient (Wildman–Crippen LogP) is 3.43. The van der Waals surface area contributed by atoms with Gasteiger partial charge >= 0.3 is 0 Å². The van der Waals surface area contributed by atoms with E-state index in [-0.39, 0.29) is 5.91 Å². The van der Waals surface area contributed by atoms with Gasteiger partial charge in [-0.15, -0.1) is 0 Å². The minimum atomic E-state index is 0.0390. The Bertz CT molecular complexity index is 651. The van der Waals surface area contributed by atoms with E-state index in [4.69, 9.17) is 4.74 Å². The van der Waals surface area contributed by atoms with Gasteiger partial charge in [-0.3, -0.25) is 4.79 Å². The highest BCUT2D eigenvalue weighted by Gasteiger charge is 2.02. The van der Waals surface area contributed by atoms with Gasteiger partial charge in [-0.1, -0.05) is 18.2 Å². The van der Waals surface area contributed by atoms with Crippen molar-refractivity contribution >= 4 is 11.6 Å². The number of rotatable bonds is 7. The van der Waals surface area contributed by atoms with Crippen LogP contribution in [0.4, 0.5) is 5.69 Å². The van der Waals surface area contributed by atoms with E-state index in [1.165, 1.54) is 11.1 Å². The van der Waals surface area contributed by atoms with Crippen molar-refractivity contribution in [3.8, 4) is 5.75 Å². The Labute approximate surface area is 137 Å². The summed E-state index contributed by atoms with van der Waals surface area (Å²) in [6.45, 7) is 5.33. The van der Waals surface area contributed by atoms with Crippen LogP contribution in [-0.2, 0) is 11.3 Å². The second kappa shape index (κ2) is 8.22. The van der Waals surface area contributed by atoms with Crippen molar-refractivity contribution in [3.63, 3.8) is 0 Å². The van der Waals surface area contributed by atoms with Gasteiger partial charge in [0.25, 0.3) is 0 Å². The summed E-state index contributed by atoms with van der Waals surface area (Å²) in [4.78, 5) is 11.9. The van der Waals surface area contributed by atoms with Crippen molar-refractivity contribution in [2.75, 3.05) is 19.0 Å². The highest BCUT2D eigenvalue weighted by Crippen LogP contribution is 2.14. The monoisotopic (exact) mass is 312 g/mol. The second-order valence-electron chi connectivity index (χ2n) is 5.60. The number of benzene rings is 2. The van der Waals surface area contributed by atoms with Gasteiger partial charge in [-0.2, -0.15) is 0 Å². The van der Waals surface area contributed by atoms with E-state index in [9.17, 15) is 4.79 Å². The van der Waals surface area contributed by atoms with Crippen LogP contribution >= 0.6 is 0 Å². The maximum Gasteiger partial charge on any atom is 0.222 e. The highest BCUT2D eigenvalue weighted by atomic mass is 16.5. The molecule has 0 atom stereocenters. The maximum absolute atomic E-state index is 11.9. The number of carbonyl (C=O) groups is 1. The Morgan fingerprint density at radius 2 is 1.78 bits per heavy atom. The van der Waals surface area contributed by atoms with Gasteiger partial charge < -0.3 is 15.4 Å². The molecule has 0 unspecified atom stereocenters. The van der Waals surface area contributed by atoms with Gasteiger partial charge in [0, 0.05) is 25.2 Å². The smallest absolute Gasteiger partial charge is 0.222 e. The van der Waals surface area contributed by atoms with Crippen molar-refractivity contribution < 1.29 is 9.53 Å². The largest absolute Gasteiger partial charge is 0.497 e. The fourth-order valence-electron chi connectivity index (χ4n) is 2.20. The Hall–Kier alpha value is -2.49. The van der Waals surface area contributed by atoms with E-state index in [1.807, 2.05) is 30.3 Å². The summed E-state index contributed by atoms with van der Waals surface area (Å²) in [6, 6.07) is 13.9. The predicted molar refractivity (Wildman–Crippen MR) is 93.9 cm³/mol. The summed E-state index contributed by atoms with van der Waals surface area (Å²) in [6.07, 6.45) is 0.447. The molecule has 0 heterocycles. The number of aryl methyl sites for hydroxylation is 2. The van der Waals surface area contributed by atoms with Crippen LogP contribution in [0.25, 0.3) is 0 Å². The first-order chi connectivity index (χ1) is 11.1. The zero-order valence-corrected chi connectivity index (χ0v) is 14.0. The molecule has 0 fully saturated rings. The minimum absolute atomic E-state index is 0.0390. The fraction of sp³-hybridized carbons (Fsp3) is 0.316. The minimum Gasteiger partial charge on any atom is -0.497 e. The third-order valence-electron chi connectivity index (χ3n) is 3.84. The first-order valence-corrected chi connectivity index (χ1v) is 7.79. The Morgan fingerprint density at radius 1 is 1.04 bits per heavy atom. The normalized spacial score (nSPS) is 10.2. The molecule has 0 aliphatic rings. The fourth-order valence-corrected chi connectivity index (χ4v) is 2.20. The number of ether oxygens (including phenoxy) is 1. The Balaban J connectivity index is 1.71.